The van der Waals surface area contributed by atoms with Crippen molar-refractivity contribution in [1.82, 2.24) is 0 Å². The minimum absolute atomic E-state index is 0.109. The van der Waals surface area contributed by atoms with Crippen molar-refractivity contribution >= 4 is 23.1 Å². The highest BCUT2D eigenvalue weighted by atomic mass is 35.5. The van der Waals surface area contributed by atoms with Crippen LogP contribution in [0.25, 0.3) is 0 Å². The fourth-order valence-electron chi connectivity index (χ4n) is 1.46. The first-order valence-electron chi connectivity index (χ1n) is 5.23. The summed E-state index contributed by atoms with van der Waals surface area (Å²) in [7, 11) is 0. The monoisotopic (exact) mass is 225 g/mol. The van der Waals surface area contributed by atoms with E-state index in [0.29, 0.717) is 22.7 Å². The third-order valence-electron chi connectivity index (χ3n) is 2.32. The molecular weight excluding hydrogens is 210 g/mol. The van der Waals surface area contributed by atoms with Crippen molar-refractivity contribution in [2.45, 2.75) is 32.6 Å². The lowest BCUT2D eigenvalue weighted by Gasteiger charge is -2.04. The number of Topliss-reactive ketones (excluding diaryl/α,β-unsaturated/α-hetero) is 1. The molecule has 1 rings (SSSR count). The summed E-state index contributed by atoms with van der Waals surface area (Å²) in [5.74, 6) is 0.109. The number of carbonyl (C=O) groups is 1. The van der Waals surface area contributed by atoms with E-state index in [0.717, 1.165) is 19.3 Å². The van der Waals surface area contributed by atoms with E-state index in [1.165, 1.54) is 0 Å². The number of carbonyl (C=O) groups excluding carboxylic acids is 1. The highest BCUT2D eigenvalue weighted by Crippen LogP contribution is 2.20. The zero-order chi connectivity index (χ0) is 11.3. The second-order valence-corrected chi connectivity index (χ2v) is 4.05. The normalized spacial score (nSPS) is 10.3. The van der Waals surface area contributed by atoms with Crippen LogP contribution in [0.15, 0.2) is 18.2 Å². The van der Waals surface area contributed by atoms with Gasteiger partial charge >= 0.3 is 0 Å². The van der Waals surface area contributed by atoms with Gasteiger partial charge in [-0.3, -0.25) is 4.79 Å². The minimum Gasteiger partial charge on any atom is -0.398 e. The van der Waals surface area contributed by atoms with E-state index in [2.05, 4.69) is 6.92 Å². The summed E-state index contributed by atoms with van der Waals surface area (Å²) in [5, 5.41) is 0.567. The standard InChI is InChI=1S/C12H16ClNO/c1-2-3-4-5-12(15)10-7-6-9(13)8-11(10)14/h6-8H,2-5,14H2,1H3. The van der Waals surface area contributed by atoms with Crippen molar-refractivity contribution in [2.24, 2.45) is 0 Å². The number of unbranched alkanes of at least 4 members (excludes halogenated alkanes) is 2. The molecule has 0 aromatic heterocycles. The molecule has 0 fully saturated rings. The van der Waals surface area contributed by atoms with E-state index in [9.17, 15) is 4.79 Å². The van der Waals surface area contributed by atoms with E-state index in [1.54, 1.807) is 18.2 Å². The zero-order valence-electron chi connectivity index (χ0n) is 8.92. The quantitative estimate of drug-likeness (QED) is 0.472. The lowest BCUT2D eigenvalue weighted by atomic mass is 10.0. The Bertz CT molecular complexity index is 349. The molecule has 15 heavy (non-hydrogen) atoms. The Balaban J connectivity index is 2.65. The van der Waals surface area contributed by atoms with Crippen LogP contribution in [-0.4, -0.2) is 5.78 Å². The van der Waals surface area contributed by atoms with Gasteiger partial charge in [-0.25, -0.2) is 0 Å². The molecule has 0 aliphatic heterocycles. The Morgan fingerprint density at radius 2 is 2.13 bits per heavy atom. The van der Waals surface area contributed by atoms with E-state index in [-0.39, 0.29) is 5.78 Å². The number of benzene rings is 1. The van der Waals surface area contributed by atoms with Crippen LogP contribution in [0.5, 0.6) is 0 Å². The number of nitrogen functional groups attached to an aromatic ring is 1. The molecular formula is C12H16ClNO. The molecule has 0 saturated carbocycles. The third-order valence-corrected chi connectivity index (χ3v) is 2.56. The highest BCUT2D eigenvalue weighted by molar-refractivity contribution is 6.31. The van der Waals surface area contributed by atoms with Gasteiger partial charge in [0.05, 0.1) is 0 Å². The number of ketones is 1. The van der Waals surface area contributed by atoms with Crippen LogP contribution in [0, 0.1) is 0 Å². The Morgan fingerprint density at radius 3 is 2.73 bits per heavy atom. The van der Waals surface area contributed by atoms with Crippen LogP contribution in [-0.2, 0) is 0 Å². The van der Waals surface area contributed by atoms with Crippen LogP contribution in [0.1, 0.15) is 43.0 Å². The van der Waals surface area contributed by atoms with Gasteiger partial charge in [-0.05, 0) is 24.6 Å². The molecule has 82 valence electrons. The SMILES string of the molecule is CCCCCC(=O)c1ccc(Cl)cc1N. The van der Waals surface area contributed by atoms with E-state index >= 15 is 0 Å². The largest absolute Gasteiger partial charge is 0.398 e. The van der Waals surface area contributed by atoms with Crippen LogP contribution in [0.3, 0.4) is 0 Å². The van der Waals surface area contributed by atoms with Crippen LogP contribution in [0.2, 0.25) is 5.02 Å². The Labute approximate surface area is 95.4 Å². The summed E-state index contributed by atoms with van der Waals surface area (Å²) >= 11 is 5.76. The summed E-state index contributed by atoms with van der Waals surface area (Å²) < 4.78 is 0. The molecule has 0 unspecified atom stereocenters. The van der Waals surface area contributed by atoms with Crippen molar-refractivity contribution in [3.05, 3.63) is 28.8 Å². The Kier molecular flexibility index (Phi) is 4.63. The van der Waals surface area contributed by atoms with Crippen molar-refractivity contribution in [1.29, 1.82) is 0 Å². The fraction of sp³-hybridized carbons (Fsp3) is 0.417. The smallest absolute Gasteiger partial charge is 0.164 e. The minimum atomic E-state index is 0.109. The molecule has 0 saturated heterocycles. The molecule has 2 N–H and O–H groups in total. The summed E-state index contributed by atoms with van der Waals surface area (Å²) in [6.07, 6.45) is 3.69. The zero-order valence-corrected chi connectivity index (χ0v) is 9.68. The van der Waals surface area contributed by atoms with Crippen LogP contribution < -0.4 is 5.73 Å². The van der Waals surface area contributed by atoms with Gasteiger partial charge in [-0.2, -0.15) is 0 Å². The van der Waals surface area contributed by atoms with Gasteiger partial charge < -0.3 is 5.73 Å². The van der Waals surface area contributed by atoms with Gasteiger partial charge in [-0.1, -0.05) is 31.4 Å². The molecule has 0 aliphatic rings. The second-order valence-electron chi connectivity index (χ2n) is 3.61. The maximum absolute atomic E-state index is 11.7. The van der Waals surface area contributed by atoms with Crippen molar-refractivity contribution in [3.8, 4) is 0 Å². The first-order valence-corrected chi connectivity index (χ1v) is 5.61. The van der Waals surface area contributed by atoms with Gasteiger partial charge in [0.25, 0.3) is 0 Å². The average Bonchev–Trinajstić information content (AvgIpc) is 2.17. The molecule has 0 aliphatic carbocycles. The van der Waals surface area contributed by atoms with E-state index in [4.69, 9.17) is 17.3 Å². The summed E-state index contributed by atoms with van der Waals surface area (Å²) in [4.78, 5) is 11.7. The third kappa shape index (κ3) is 3.56. The summed E-state index contributed by atoms with van der Waals surface area (Å²) in [6, 6.07) is 5.02. The van der Waals surface area contributed by atoms with Gasteiger partial charge in [0.15, 0.2) is 5.78 Å². The predicted octanol–water partition coefficient (Wildman–Crippen LogP) is 3.69. The van der Waals surface area contributed by atoms with E-state index in [1.807, 2.05) is 0 Å². The van der Waals surface area contributed by atoms with Gasteiger partial charge in [-0.15, -0.1) is 0 Å². The summed E-state index contributed by atoms with van der Waals surface area (Å²) in [6.45, 7) is 2.11. The first kappa shape index (κ1) is 12.1. The molecule has 1 aromatic rings. The number of rotatable bonds is 5. The van der Waals surface area contributed by atoms with Crippen molar-refractivity contribution in [2.75, 3.05) is 5.73 Å². The number of nitrogens with two attached hydrogens (primary N) is 1. The maximum Gasteiger partial charge on any atom is 0.164 e. The average molecular weight is 226 g/mol. The molecule has 3 heteroatoms. The van der Waals surface area contributed by atoms with E-state index < -0.39 is 0 Å². The van der Waals surface area contributed by atoms with Gasteiger partial charge in [0.1, 0.15) is 0 Å². The fourth-order valence-corrected chi connectivity index (χ4v) is 1.64. The Morgan fingerprint density at radius 1 is 1.40 bits per heavy atom. The highest BCUT2D eigenvalue weighted by Gasteiger charge is 2.09. The summed E-state index contributed by atoms with van der Waals surface area (Å²) in [5.41, 5.74) is 6.79. The molecule has 0 bridgehead atoms. The predicted molar refractivity (Wildman–Crippen MR) is 64.3 cm³/mol. The number of anilines is 1. The topological polar surface area (TPSA) is 43.1 Å². The number of halogens is 1. The van der Waals surface area contributed by atoms with Crippen molar-refractivity contribution < 1.29 is 4.79 Å². The second kappa shape index (κ2) is 5.76. The molecule has 0 atom stereocenters. The number of hydrogen-bond donors (Lipinski definition) is 1. The van der Waals surface area contributed by atoms with Crippen molar-refractivity contribution in [3.63, 3.8) is 0 Å². The molecule has 0 radical (unpaired) electrons. The molecule has 0 spiro atoms. The van der Waals surface area contributed by atoms with Crippen LogP contribution in [0.4, 0.5) is 5.69 Å². The maximum atomic E-state index is 11.7. The molecule has 0 amide bonds. The lowest BCUT2D eigenvalue weighted by Crippen LogP contribution is -2.03. The van der Waals surface area contributed by atoms with Crippen LogP contribution >= 0.6 is 11.6 Å². The molecule has 2 nitrogen and oxygen atoms in total. The first-order chi connectivity index (χ1) is 7.15. The molecule has 1 aromatic carbocycles. The number of hydrogen-bond acceptors (Lipinski definition) is 2. The lowest BCUT2D eigenvalue weighted by molar-refractivity contribution is 0.0980. The van der Waals surface area contributed by atoms with Gasteiger partial charge in [0, 0.05) is 22.7 Å². The molecule has 0 heterocycles. The van der Waals surface area contributed by atoms with Gasteiger partial charge in [0.2, 0.25) is 0 Å². The Hall–Kier alpha value is -1.02.